The molecule has 0 saturated carbocycles. The molecule has 2 aromatic carbocycles. The van der Waals surface area contributed by atoms with Crippen LogP contribution < -0.4 is 10.1 Å². The molecule has 2 rings (SSSR count). The molecule has 0 atom stereocenters. The molecule has 1 amide bonds. The number of methoxy groups -OCH3 is 1. The van der Waals surface area contributed by atoms with Crippen molar-refractivity contribution in [3.8, 4) is 5.75 Å². The Morgan fingerprint density at radius 1 is 1.04 bits per heavy atom. The Hall–Kier alpha value is -2.38. The average molecular weight is 391 g/mol. The van der Waals surface area contributed by atoms with Crippen molar-refractivity contribution in [1.29, 1.82) is 0 Å². The maximum Gasteiger partial charge on any atom is 0.251 e. The molecule has 0 unspecified atom stereocenters. The summed E-state index contributed by atoms with van der Waals surface area (Å²) in [6, 6.07) is 13.7. The average Bonchev–Trinajstić information content (AvgIpc) is 2.66. The second-order valence-electron chi connectivity index (χ2n) is 7.11. The largest absolute Gasteiger partial charge is 0.497 e. The van der Waals surface area contributed by atoms with Crippen molar-refractivity contribution in [2.45, 2.75) is 24.2 Å². The number of hydrogen-bond donors (Lipinski definition) is 1. The van der Waals surface area contributed by atoms with Crippen molar-refractivity contribution in [1.82, 2.24) is 9.62 Å². The molecule has 146 valence electrons. The minimum absolute atomic E-state index is 0.155. The number of ether oxygens (including phenoxy) is 1. The molecule has 2 aromatic rings. The highest BCUT2D eigenvalue weighted by Gasteiger charge is 2.22. The molecule has 0 aliphatic rings. The van der Waals surface area contributed by atoms with Gasteiger partial charge in [-0.1, -0.05) is 26.0 Å². The lowest BCUT2D eigenvalue weighted by atomic mass is 9.84. The lowest BCUT2D eigenvalue weighted by molar-refractivity contribution is 0.0945. The van der Waals surface area contributed by atoms with Crippen LogP contribution in [0.5, 0.6) is 5.75 Å². The predicted molar refractivity (Wildman–Crippen MR) is 106 cm³/mol. The van der Waals surface area contributed by atoms with E-state index in [0.717, 1.165) is 15.6 Å². The first-order valence-corrected chi connectivity index (χ1v) is 9.97. The van der Waals surface area contributed by atoms with Gasteiger partial charge in [-0.05, 0) is 42.0 Å². The predicted octanol–water partition coefficient (Wildman–Crippen LogP) is 2.65. The molecule has 0 aliphatic heterocycles. The summed E-state index contributed by atoms with van der Waals surface area (Å²) in [7, 11) is 1.05. The third kappa shape index (κ3) is 4.87. The maximum atomic E-state index is 12.4. The van der Waals surface area contributed by atoms with Crippen LogP contribution in [0, 0.1) is 0 Å². The summed E-state index contributed by atoms with van der Waals surface area (Å²) < 4.78 is 30.5. The minimum Gasteiger partial charge on any atom is -0.497 e. The van der Waals surface area contributed by atoms with Gasteiger partial charge in [0.15, 0.2) is 0 Å². The molecule has 0 bridgehead atoms. The van der Waals surface area contributed by atoms with Crippen LogP contribution in [0.3, 0.4) is 0 Å². The number of nitrogens with one attached hydrogen (secondary N) is 1. The van der Waals surface area contributed by atoms with Gasteiger partial charge < -0.3 is 10.1 Å². The van der Waals surface area contributed by atoms with Gasteiger partial charge >= 0.3 is 0 Å². The smallest absolute Gasteiger partial charge is 0.251 e. The van der Waals surface area contributed by atoms with Gasteiger partial charge in [0.2, 0.25) is 10.0 Å². The van der Waals surface area contributed by atoms with E-state index >= 15 is 0 Å². The molecule has 0 aliphatic carbocycles. The summed E-state index contributed by atoms with van der Waals surface area (Å²) in [5, 5.41) is 2.92. The van der Waals surface area contributed by atoms with Crippen LogP contribution in [0.25, 0.3) is 0 Å². The van der Waals surface area contributed by atoms with Crippen molar-refractivity contribution < 1.29 is 17.9 Å². The number of nitrogens with zero attached hydrogens (tertiary/aromatic N) is 1. The quantitative estimate of drug-likeness (QED) is 0.789. The lowest BCUT2D eigenvalue weighted by Gasteiger charge is -2.26. The Morgan fingerprint density at radius 2 is 1.59 bits per heavy atom. The summed E-state index contributed by atoms with van der Waals surface area (Å²) in [5.41, 5.74) is 1.23. The zero-order valence-electron chi connectivity index (χ0n) is 16.3. The lowest BCUT2D eigenvalue weighted by Crippen LogP contribution is -2.36. The van der Waals surface area contributed by atoms with E-state index in [0.29, 0.717) is 12.1 Å². The topological polar surface area (TPSA) is 75.7 Å². The van der Waals surface area contributed by atoms with Crippen molar-refractivity contribution in [3.63, 3.8) is 0 Å². The first kappa shape index (κ1) is 20.9. The van der Waals surface area contributed by atoms with Crippen LogP contribution in [0.2, 0.25) is 0 Å². The fourth-order valence-electron chi connectivity index (χ4n) is 2.54. The summed E-state index contributed by atoms with van der Waals surface area (Å²) in [6.07, 6.45) is 0. The van der Waals surface area contributed by atoms with E-state index in [-0.39, 0.29) is 16.2 Å². The Balaban J connectivity index is 2.06. The first-order valence-electron chi connectivity index (χ1n) is 8.53. The van der Waals surface area contributed by atoms with Crippen LogP contribution in [0.15, 0.2) is 53.4 Å². The van der Waals surface area contributed by atoms with E-state index in [2.05, 4.69) is 5.32 Å². The summed E-state index contributed by atoms with van der Waals surface area (Å²) >= 11 is 0. The third-order valence-corrected chi connectivity index (χ3v) is 6.29. The Bertz CT molecular complexity index is 887. The number of rotatable bonds is 7. The number of benzene rings is 2. The summed E-state index contributed by atoms with van der Waals surface area (Å²) in [4.78, 5) is 12.6. The molecule has 0 aromatic heterocycles. The number of hydrogen-bond acceptors (Lipinski definition) is 4. The van der Waals surface area contributed by atoms with Crippen molar-refractivity contribution in [2.75, 3.05) is 27.7 Å². The van der Waals surface area contributed by atoms with Crippen molar-refractivity contribution >= 4 is 15.9 Å². The van der Waals surface area contributed by atoms with E-state index in [1.807, 2.05) is 38.1 Å². The zero-order chi connectivity index (χ0) is 20.2. The summed E-state index contributed by atoms with van der Waals surface area (Å²) in [6.45, 7) is 4.53. The van der Waals surface area contributed by atoms with Crippen molar-refractivity contribution in [3.05, 3.63) is 59.7 Å². The zero-order valence-corrected chi connectivity index (χ0v) is 17.1. The maximum absolute atomic E-state index is 12.4. The van der Waals surface area contributed by atoms with Crippen LogP contribution in [0.1, 0.15) is 29.8 Å². The van der Waals surface area contributed by atoms with Gasteiger partial charge in [-0.2, -0.15) is 0 Å². The highest BCUT2D eigenvalue weighted by atomic mass is 32.2. The monoisotopic (exact) mass is 390 g/mol. The third-order valence-electron chi connectivity index (χ3n) is 4.46. The fourth-order valence-corrected chi connectivity index (χ4v) is 3.44. The van der Waals surface area contributed by atoms with Gasteiger partial charge in [-0.15, -0.1) is 0 Å². The van der Waals surface area contributed by atoms with Gasteiger partial charge in [0.1, 0.15) is 5.75 Å². The molecule has 7 heteroatoms. The van der Waals surface area contributed by atoms with Gasteiger partial charge in [0, 0.05) is 31.6 Å². The molecule has 0 radical (unpaired) electrons. The number of amides is 1. The SMILES string of the molecule is COc1ccc(C(C)(C)CNC(=O)c2ccc(S(=O)(=O)N(C)C)cc2)cc1. The Morgan fingerprint density at radius 3 is 2.07 bits per heavy atom. The Kier molecular flexibility index (Phi) is 6.28. The van der Waals surface area contributed by atoms with Crippen LogP contribution in [-0.2, 0) is 15.4 Å². The van der Waals surface area contributed by atoms with Gasteiger partial charge in [-0.25, -0.2) is 12.7 Å². The molecule has 0 saturated heterocycles. The van der Waals surface area contributed by atoms with E-state index < -0.39 is 10.0 Å². The van der Waals surface area contributed by atoms with Gasteiger partial charge in [0.25, 0.3) is 5.91 Å². The molecular formula is C20H26N2O4S. The fraction of sp³-hybridized carbons (Fsp3) is 0.350. The Labute approximate surface area is 161 Å². The minimum atomic E-state index is -3.51. The van der Waals surface area contributed by atoms with Gasteiger partial charge in [-0.3, -0.25) is 4.79 Å². The van der Waals surface area contributed by atoms with E-state index in [1.54, 1.807) is 7.11 Å². The highest BCUT2D eigenvalue weighted by Crippen LogP contribution is 2.24. The van der Waals surface area contributed by atoms with E-state index in [4.69, 9.17) is 4.74 Å². The van der Waals surface area contributed by atoms with Gasteiger partial charge in [0.05, 0.1) is 12.0 Å². The molecule has 27 heavy (non-hydrogen) atoms. The molecule has 0 heterocycles. The first-order chi connectivity index (χ1) is 12.6. The standard InChI is InChI=1S/C20H26N2O4S/c1-20(2,16-8-10-17(26-5)11-9-16)14-21-19(23)15-6-12-18(13-7-15)27(24,25)22(3)4/h6-13H,14H2,1-5H3,(H,21,23). The molecule has 1 N–H and O–H groups in total. The molecule has 0 fully saturated rings. The van der Waals surface area contributed by atoms with E-state index in [1.165, 1.54) is 38.4 Å². The number of sulfonamides is 1. The molecule has 0 spiro atoms. The van der Waals surface area contributed by atoms with E-state index in [9.17, 15) is 13.2 Å². The molecule has 6 nitrogen and oxygen atoms in total. The van der Waals surface area contributed by atoms with Crippen molar-refractivity contribution in [2.24, 2.45) is 0 Å². The highest BCUT2D eigenvalue weighted by molar-refractivity contribution is 7.89. The second-order valence-corrected chi connectivity index (χ2v) is 9.26. The molecular weight excluding hydrogens is 364 g/mol. The second kappa shape index (κ2) is 8.10. The number of carbonyl (C=O) groups is 1. The summed E-state index contributed by atoms with van der Waals surface area (Å²) in [5.74, 6) is 0.539. The van der Waals surface area contributed by atoms with Crippen LogP contribution in [-0.4, -0.2) is 46.4 Å². The number of carbonyl (C=O) groups excluding carboxylic acids is 1. The normalized spacial score (nSPS) is 12.1. The van der Waals surface area contributed by atoms with Crippen LogP contribution in [0.4, 0.5) is 0 Å². The van der Waals surface area contributed by atoms with Crippen LogP contribution >= 0.6 is 0 Å².